The van der Waals surface area contributed by atoms with Gasteiger partial charge in [0.15, 0.2) is 0 Å². The molecule has 0 atom stereocenters. The van der Waals surface area contributed by atoms with E-state index in [0.29, 0.717) is 5.39 Å². The molecule has 9 heteroatoms. The molecule has 0 saturated carbocycles. The number of hydroxylamine groups is 2. The van der Waals surface area contributed by atoms with E-state index < -0.39 is 33.1 Å². The number of benzene rings is 3. The van der Waals surface area contributed by atoms with E-state index in [9.17, 15) is 22.0 Å². The normalized spacial score (nSPS) is 11.6. The summed E-state index contributed by atoms with van der Waals surface area (Å²) >= 11 is 0. The van der Waals surface area contributed by atoms with Crippen LogP contribution in [0.4, 0.5) is 8.78 Å². The maximum atomic E-state index is 14.7. The highest BCUT2D eigenvalue weighted by molar-refractivity contribution is 7.90. The number of hydrogen-bond acceptors (Lipinski definition) is 4. The van der Waals surface area contributed by atoms with E-state index >= 15 is 0 Å². The second-order valence-electron chi connectivity index (χ2n) is 6.97. The number of amides is 1. The lowest BCUT2D eigenvalue weighted by Gasteiger charge is -2.14. The standard InChI is InChI=1S/C23H18F2N2O4S/c1-26(31-2)23(28)15-11-12-20-16(13-15)14-21(22-18(24)9-6-10-19(22)25)27(20)32(29,30)17-7-4-3-5-8-17/h3-14H,1-2H3. The maximum Gasteiger partial charge on any atom is 0.277 e. The number of aromatic nitrogens is 1. The van der Waals surface area contributed by atoms with Gasteiger partial charge in [-0.15, -0.1) is 0 Å². The Morgan fingerprint density at radius 2 is 1.59 bits per heavy atom. The highest BCUT2D eigenvalue weighted by atomic mass is 32.2. The second-order valence-corrected chi connectivity index (χ2v) is 8.75. The molecule has 1 aromatic heterocycles. The Bertz CT molecular complexity index is 1410. The number of fused-ring (bicyclic) bond motifs is 1. The van der Waals surface area contributed by atoms with E-state index in [2.05, 4.69) is 0 Å². The molecule has 0 spiro atoms. The van der Waals surface area contributed by atoms with Crippen LogP contribution in [0.3, 0.4) is 0 Å². The highest BCUT2D eigenvalue weighted by Crippen LogP contribution is 2.35. The van der Waals surface area contributed by atoms with E-state index in [1.165, 1.54) is 56.6 Å². The summed E-state index contributed by atoms with van der Waals surface area (Å²) in [4.78, 5) is 17.3. The molecule has 3 aromatic carbocycles. The predicted octanol–water partition coefficient (Wildman–Crippen LogP) is 4.46. The van der Waals surface area contributed by atoms with Gasteiger partial charge < -0.3 is 0 Å². The van der Waals surface area contributed by atoms with Crippen molar-refractivity contribution < 1.29 is 26.8 Å². The van der Waals surface area contributed by atoms with Gasteiger partial charge in [-0.3, -0.25) is 9.63 Å². The topological polar surface area (TPSA) is 68.6 Å². The van der Waals surface area contributed by atoms with E-state index in [-0.39, 0.29) is 21.7 Å². The third kappa shape index (κ3) is 3.55. The third-order valence-electron chi connectivity index (χ3n) is 5.06. The molecule has 32 heavy (non-hydrogen) atoms. The van der Waals surface area contributed by atoms with Crippen molar-refractivity contribution in [1.29, 1.82) is 0 Å². The lowest BCUT2D eigenvalue weighted by molar-refractivity contribution is -0.0756. The minimum Gasteiger partial charge on any atom is -0.274 e. The zero-order valence-electron chi connectivity index (χ0n) is 17.1. The van der Waals surface area contributed by atoms with Gasteiger partial charge in [-0.25, -0.2) is 26.2 Å². The van der Waals surface area contributed by atoms with Crippen molar-refractivity contribution in [1.82, 2.24) is 9.04 Å². The molecule has 1 heterocycles. The van der Waals surface area contributed by atoms with Crippen LogP contribution >= 0.6 is 0 Å². The Balaban J connectivity index is 2.05. The molecule has 4 aromatic rings. The van der Waals surface area contributed by atoms with E-state index in [1.807, 2.05) is 0 Å². The average molecular weight is 456 g/mol. The van der Waals surface area contributed by atoms with Crippen LogP contribution in [0.15, 0.2) is 77.7 Å². The van der Waals surface area contributed by atoms with E-state index in [1.54, 1.807) is 18.2 Å². The number of nitrogens with zero attached hydrogens (tertiary/aromatic N) is 2. The first-order valence-electron chi connectivity index (χ1n) is 9.48. The monoisotopic (exact) mass is 456 g/mol. The summed E-state index contributed by atoms with van der Waals surface area (Å²) in [5.74, 6) is -2.29. The van der Waals surface area contributed by atoms with Gasteiger partial charge in [0, 0.05) is 18.0 Å². The summed E-state index contributed by atoms with van der Waals surface area (Å²) in [5.41, 5.74) is -0.283. The number of halogens is 2. The van der Waals surface area contributed by atoms with Gasteiger partial charge in [0.1, 0.15) is 11.6 Å². The molecule has 4 rings (SSSR count). The molecule has 0 aliphatic carbocycles. The Morgan fingerprint density at radius 1 is 0.938 bits per heavy atom. The molecule has 0 unspecified atom stereocenters. The summed E-state index contributed by atoms with van der Waals surface area (Å²) in [5, 5.41) is 1.33. The van der Waals surface area contributed by atoms with Crippen LogP contribution in [0.5, 0.6) is 0 Å². The zero-order chi connectivity index (χ0) is 23.0. The molecule has 0 bridgehead atoms. The number of rotatable bonds is 5. The molecule has 164 valence electrons. The lowest BCUT2D eigenvalue weighted by atomic mass is 10.1. The van der Waals surface area contributed by atoms with Gasteiger partial charge in [0.05, 0.1) is 28.8 Å². The van der Waals surface area contributed by atoms with Crippen molar-refractivity contribution in [3.05, 3.63) is 90.0 Å². The molecule has 0 aliphatic heterocycles. The van der Waals surface area contributed by atoms with Crippen LogP contribution in [0.25, 0.3) is 22.2 Å². The maximum absolute atomic E-state index is 14.7. The van der Waals surface area contributed by atoms with Crippen molar-refractivity contribution in [2.45, 2.75) is 4.90 Å². The van der Waals surface area contributed by atoms with Gasteiger partial charge in [-0.1, -0.05) is 24.3 Å². The molecule has 1 amide bonds. The fourth-order valence-electron chi connectivity index (χ4n) is 3.46. The van der Waals surface area contributed by atoms with Crippen LogP contribution in [0.2, 0.25) is 0 Å². The molecule has 0 radical (unpaired) electrons. The fourth-order valence-corrected chi connectivity index (χ4v) is 5.00. The van der Waals surface area contributed by atoms with Crippen molar-refractivity contribution in [3.8, 4) is 11.3 Å². The molecular formula is C23H18F2N2O4S. The van der Waals surface area contributed by atoms with Gasteiger partial charge in [0.2, 0.25) is 0 Å². The van der Waals surface area contributed by atoms with Crippen LogP contribution in [-0.2, 0) is 14.9 Å². The van der Waals surface area contributed by atoms with E-state index in [4.69, 9.17) is 4.84 Å². The number of hydrogen-bond donors (Lipinski definition) is 0. The Labute approximate surface area is 183 Å². The van der Waals surface area contributed by atoms with Gasteiger partial charge in [-0.05, 0) is 48.5 Å². The smallest absolute Gasteiger partial charge is 0.274 e. The molecule has 0 aliphatic rings. The summed E-state index contributed by atoms with van der Waals surface area (Å²) in [6.45, 7) is 0. The van der Waals surface area contributed by atoms with Crippen molar-refractivity contribution in [2.75, 3.05) is 14.2 Å². The van der Waals surface area contributed by atoms with Crippen LogP contribution in [0.1, 0.15) is 10.4 Å². The van der Waals surface area contributed by atoms with Gasteiger partial charge in [-0.2, -0.15) is 0 Å². The number of carbonyl (C=O) groups excluding carboxylic acids is 1. The predicted molar refractivity (Wildman–Crippen MR) is 115 cm³/mol. The summed E-state index contributed by atoms with van der Waals surface area (Å²) < 4.78 is 57.3. The Morgan fingerprint density at radius 3 is 2.22 bits per heavy atom. The lowest BCUT2D eigenvalue weighted by Crippen LogP contribution is -2.25. The fraction of sp³-hybridized carbons (Fsp3) is 0.0870. The van der Waals surface area contributed by atoms with Crippen molar-refractivity contribution in [3.63, 3.8) is 0 Å². The molecule has 0 N–H and O–H groups in total. The summed E-state index contributed by atoms with van der Waals surface area (Å²) in [7, 11) is -1.47. The molecular weight excluding hydrogens is 438 g/mol. The second kappa shape index (κ2) is 8.18. The average Bonchev–Trinajstić information content (AvgIpc) is 3.17. The van der Waals surface area contributed by atoms with Gasteiger partial charge in [0.25, 0.3) is 15.9 Å². The quantitative estimate of drug-likeness (QED) is 0.416. The number of carbonyl (C=O) groups is 1. The highest BCUT2D eigenvalue weighted by Gasteiger charge is 2.27. The largest absolute Gasteiger partial charge is 0.277 e. The van der Waals surface area contributed by atoms with Crippen LogP contribution in [0, 0.1) is 11.6 Å². The SMILES string of the molecule is CON(C)C(=O)c1ccc2c(c1)cc(-c1c(F)cccc1F)n2S(=O)(=O)c1ccccc1. The molecule has 6 nitrogen and oxygen atoms in total. The summed E-state index contributed by atoms with van der Waals surface area (Å²) in [6.07, 6.45) is 0. The first-order chi connectivity index (χ1) is 15.3. The first-order valence-corrected chi connectivity index (χ1v) is 10.9. The first kappa shape index (κ1) is 21.7. The van der Waals surface area contributed by atoms with Crippen molar-refractivity contribution >= 4 is 26.8 Å². The Hall–Kier alpha value is -3.56. The third-order valence-corrected chi connectivity index (χ3v) is 6.81. The minimum absolute atomic E-state index is 0.0465. The molecule has 0 saturated heterocycles. The zero-order valence-corrected chi connectivity index (χ0v) is 17.9. The summed E-state index contributed by atoms with van der Waals surface area (Å²) in [6, 6.07) is 16.5. The minimum atomic E-state index is -4.23. The van der Waals surface area contributed by atoms with Gasteiger partial charge >= 0.3 is 0 Å². The van der Waals surface area contributed by atoms with E-state index in [0.717, 1.165) is 21.2 Å². The Kier molecular flexibility index (Phi) is 5.53. The van der Waals surface area contributed by atoms with Crippen molar-refractivity contribution in [2.24, 2.45) is 0 Å². The van der Waals surface area contributed by atoms with Crippen LogP contribution in [-0.4, -0.2) is 37.5 Å². The molecule has 0 fully saturated rings. The van der Waals surface area contributed by atoms with Crippen LogP contribution < -0.4 is 0 Å².